The number of likely N-dealkylation sites (N-methyl/N-ethyl adjacent to an activating group) is 1. The van der Waals surface area contributed by atoms with Crippen LogP contribution in [-0.4, -0.2) is 75.6 Å². The molecule has 8 nitrogen and oxygen atoms in total. The summed E-state index contributed by atoms with van der Waals surface area (Å²) in [7, 11) is 1.65. The number of hydrogen-bond donors (Lipinski definition) is 1. The first-order valence-corrected chi connectivity index (χ1v) is 19.8. The highest BCUT2D eigenvalue weighted by molar-refractivity contribution is 7.47. The molecule has 0 saturated heterocycles. The van der Waals surface area contributed by atoms with Crippen LogP contribution in [0, 0.1) is 0 Å². The molecule has 0 fully saturated rings. The first kappa shape index (κ1) is 45.5. The third kappa shape index (κ3) is 37.1. The highest BCUT2D eigenvalue weighted by Gasteiger charge is 2.25. The maximum absolute atomic E-state index is 12.1. The van der Waals surface area contributed by atoms with Gasteiger partial charge in [0.05, 0.1) is 34.4 Å². The lowest BCUT2D eigenvalue weighted by Crippen LogP contribution is -2.37. The molecule has 0 radical (unpaired) electrons. The molecule has 0 aliphatic carbocycles. The standard InChI is InChI=1S/C38H70NO7P/c1-6-7-8-9-10-11-12-13-14-15-16-17-18-19-20-21-22-23-24-25-26-27-28-29-30-31-33-43-35-38(46-37(2)40)36-45-47(41,42)44-34-32-39(3,4)5/h7-8,10-11,13-14,16-17,38H,6,9,12,15,18-36H2,1-5H3/p+1/b8-7-,11-10-,14-13-,17-16-. The number of carbonyl (C=O) groups excluding carboxylic acids is 1. The van der Waals surface area contributed by atoms with E-state index in [9.17, 15) is 14.3 Å². The summed E-state index contributed by atoms with van der Waals surface area (Å²) in [6.07, 6.45) is 39.2. The maximum atomic E-state index is 12.1. The number of hydrogen-bond acceptors (Lipinski definition) is 6. The van der Waals surface area contributed by atoms with Crippen LogP contribution in [0.4, 0.5) is 0 Å². The van der Waals surface area contributed by atoms with Crippen LogP contribution in [0.15, 0.2) is 48.6 Å². The summed E-state index contributed by atoms with van der Waals surface area (Å²) < 4.78 is 33.6. The molecule has 0 heterocycles. The summed E-state index contributed by atoms with van der Waals surface area (Å²) in [5, 5.41) is 0. The van der Waals surface area contributed by atoms with E-state index in [4.69, 9.17) is 18.5 Å². The van der Waals surface area contributed by atoms with Gasteiger partial charge in [0.15, 0.2) is 0 Å². The number of rotatable bonds is 33. The molecule has 0 aliphatic rings. The van der Waals surface area contributed by atoms with Crippen molar-refractivity contribution < 1.29 is 37.3 Å². The molecule has 0 saturated carbocycles. The summed E-state index contributed by atoms with van der Waals surface area (Å²) in [5.41, 5.74) is 0. The zero-order valence-electron chi connectivity index (χ0n) is 30.8. The number of nitrogens with zero attached hydrogens (tertiary/aromatic N) is 1. The van der Waals surface area contributed by atoms with Crippen LogP contribution < -0.4 is 0 Å². The van der Waals surface area contributed by atoms with Gasteiger partial charge in [-0.3, -0.25) is 13.8 Å². The molecule has 9 heteroatoms. The predicted octanol–water partition coefficient (Wildman–Crippen LogP) is 10.0. The first-order chi connectivity index (χ1) is 22.6. The van der Waals surface area contributed by atoms with Gasteiger partial charge in [-0.25, -0.2) is 4.57 Å². The monoisotopic (exact) mass is 684 g/mol. The highest BCUT2D eigenvalue weighted by atomic mass is 31.2. The fourth-order valence-electron chi connectivity index (χ4n) is 4.72. The number of phosphoric acid groups is 1. The lowest BCUT2D eigenvalue weighted by Gasteiger charge is -2.24. The number of esters is 1. The average Bonchev–Trinajstić information content (AvgIpc) is 3.00. The quantitative estimate of drug-likeness (QED) is 0.0242. The van der Waals surface area contributed by atoms with Crippen molar-refractivity contribution >= 4 is 13.8 Å². The minimum absolute atomic E-state index is 0.0840. The number of quaternary nitrogens is 1. The second-order valence-corrected chi connectivity index (χ2v) is 14.8. The zero-order chi connectivity index (χ0) is 34.9. The van der Waals surface area contributed by atoms with Crippen LogP contribution in [0.5, 0.6) is 0 Å². The number of phosphoric ester groups is 1. The maximum Gasteiger partial charge on any atom is 0.472 e. The Morgan fingerprint density at radius 3 is 1.62 bits per heavy atom. The smallest absolute Gasteiger partial charge is 0.458 e. The van der Waals surface area contributed by atoms with Crippen molar-refractivity contribution in [2.45, 2.75) is 136 Å². The largest absolute Gasteiger partial charge is 0.472 e. The van der Waals surface area contributed by atoms with E-state index >= 15 is 0 Å². The van der Waals surface area contributed by atoms with Crippen LogP contribution in [-0.2, 0) is 27.9 Å². The Morgan fingerprint density at radius 2 is 1.13 bits per heavy atom. The molecular formula is C38H71NO7P+. The second kappa shape index (κ2) is 31.7. The van der Waals surface area contributed by atoms with Gasteiger partial charge in [-0.1, -0.05) is 126 Å². The number of unbranched alkanes of at least 4 members (excludes halogenated alkanes) is 13. The lowest BCUT2D eigenvalue weighted by atomic mass is 10.0. The van der Waals surface area contributed by atoms with E-state index in [0.29, 0.717) is 17.6 Å². The molecule has 0 aromatic heterocycles. The van der Waals surface area contributed by atoms with Gasteiger partial charge in [-0.15, -0.1) is 0 Å². The van der Waals surface area contributed by atoms with E-state index in [1.54, 1.807) is 0 Å². The SMILES string of the molecule is CC/C=C\C/C=C\C/C=C\C/C=C\CCCCCCCCCCCCCCCOCC(COP(=O)(O)OCC[N+](C)(C)C)OC(C)=O. The molecule has 0 aliphatic heterocycles. The molecule has 274 valence electrons. The van der Waals surface area contributed by atoms with Gasteiger partial charge < -0.3 is 18.9 Å². The summed E-state index contributed by atoms with van der Waals surface area (Å²) in [6, 6.07) is 0. The van der Waals surface area contributed by atoms with Gasteiger partial charge in [0.1, 0.15) is 19.3 Å². The minimum atomic E-state index is -4.22. The van der Waals surface area contributed by atoms with Crippen LogP contribution in [0.2, 0.25) is 0 Å². The molecule has 0 amide bonds. The molecule has 47 heavy (non-hydrogen) atoms. The summed E-state index contributed by atoms with van der Waals surface area (Å²) >= 11 is 0. The second-order valence-electron chi connectivity index (χ2n) is 13.3. The van der Waals surface area contributed by atoms with Crippen molar-refractivity contribution in [3.05, 3.63) is 48.6 Å². The first-order valence-electron chi connectivity index (χ1n) is 18.3. The van der Waals surface area contributed by atoms with E-state index in [-0.39, 0.29) is 19.8 Å². The van der Waals surface area contributed by atoms with Gasteiger partial charge in [-0.05, 0) is 44.9 Å². The molecule has 2 unspecified atom stereocenters. The molecule has 0 aromatic carbocycles. The van der Waals surface area contributed by atoms with Gasteiger partial charge >= 0.3 is 13.8 Å². The summed E-state index contributed by atoms with van der Waals surface area (Å²) in [4.78, 5) is 21.3. The summed E-state index contributed by atoms with van der Waals surface area (Å²) in [6.45, 7) is 4.50. The molecule has 0 bridgehead atoms. The molecule has 1 N–H and O–H groups in total. The van der Waals surface area contributed by atoms with Crippen molar-refractivity contribution in [3.63, 3.8) is 0 Å². The average molecular weight is 685 g/mol. The van der Waals surface area contributed by atoms with Gasteiger partial charge in [0.2, 0.25) is 0 Å². The molecule has 0 rings (SSSR count). The molecule has 0 aromatic rings. The fourth-order valence-corrected chi connectivity index (χ4v) is 5.46. The molecule has 2 atom stereocenters. The molecule has 0 spiro atoms. The third-order valence-electron chi connectivity index (χ3n) is 7.45. The number of carbonyl (C=O) groups is 1. The van der Waals surface area contributed by atoms with Crippen LogP contribution in [0.3, 0.4) is 0 Å². The third-order valence-corrected chi connectivity index (χ3v) is 8.44. The Hall–Kier alpha value is -1.54. The van der Waals surface area contributed by atoms with Crippen molar-refractivity contribution in [1.29, 1.82) is 0 Å². The highest BCUT2D eigenvalue weighted by Crippen LogP contribution is 2.43. The van der Waals surface area contributed by atoms with Crippen LogP contribution in [0.25, 0.3) is 0 Å². The van der Waals surface area contributed by atoms with Crippen molar-refractivity contribution in [1.82, 2.24) is 0 Å². The van der Waals surface area contributed by atoms with Gasteiger partial charge in [-0.2, -0.15) is 0 Å². The normalized spacial score (nSPS) is 14.6. The van der Waals surface area contributed by atoms with Gasteiger partial charge in [0, 0.05) is 13.5 Å². The van der Waals surface area contributed by atoms with E-state index in [2.05, 4.69) is 55.5 Å². The topological polar surface area (TPSA) is 91.3 Å². The zero-order valence-corrected chi connectivity index (χ0v) is 31.6. The fraction of sp³-hybridized carbons (Fsp3) is 0.763. The van der Waals surface area contributed by atoms with Gasteiger partial charge in [0.25, 0.3) is 0 Å². The van der Waals surface area contributed by atoms with Crippen LogP contribution >= 0.6 is 7.82 Å². The van der Waals surface area contributed by atoms with E-state index in [1.165, 1.54) is 84.0 Å². The van der Waals surface area contributed by atoms with Crippen molar-refractivity contribution in [3.8, 4) is 0 Å². The number of ether oxygens (including phenoxy) is 2. The summed E-state index contributed by atoms with van der Waals surface area (Å²) in [5.74, 6) is -0.491. The predicted molar refractivity (Wildman–Crippen MR) is 196 cm³/mol. The Labute approximate surface area is 288 Å². The Balaban J connectivity index is 3.60. The Kier molecular flexibility index (Phi) is 30.7. The van der Waals surface area contributed by atoms with E-state index < -0.39 is 19.9 Å². The lowest BCUT2D eigenvalue weighted by molar-refractivity contribution is -0.870. The number of allylic oxidation sites excluding steroid dienone is 8. The Bertz CT molecular complexity index is 895. The minimum Gasteiger partial charge on any atom is -0.458 e. The van der Waals surface area contributed by atoms with Crippen LogP contribution in [0.1, 0.15) is 129 Å². The van der Waals surface area contributed by atoms with E-state index in [1.807, 2.05) is 21.1 Å². The van der Waals surface area contributed by atoms with E-state index in [0.717, 1.165) is 38.5 Å². The molecular weight excluding hydrogens is 613 g/mol. The van der Waals surface area contributed by atoms with Crippen molar-refractivity contribution in [2.75, 3.05) is 54.1 Å². The van der Waals surface area contributed by atoms with Crippen molar-refractivity contribution in [2.24, 2.45) is 0 Å². The Morgan fingerprint density at radius 1 is 0.660 bits per heavy atom.